The molecule has 0 radical (unpaired) electrons. The second kappa shape index (κ2) is 7.05. The molecule has 154 valence electrons. The molecule has 0 bridgehead atoms. The van der Waals surface area contributed by atoms with Crippen molar-refractivity contribution in [3.05, 3.63) is 29.6 Å². The molecule has 30 heavy (non-hydrogen) atoms. The molecule has 9 nitrogen and oxygen atoms in total. The van der Waals surface area contributed by atoms with Crippen LogP contribution < -0.4 is 5.73 Å². The average Bonchev–Trinajstić information content (AvgIpc) is 3.13. The summed E-state index contributed by atoms with van der Waals surface area (Å²) >= 11 is 0. The molecule has 0 unspecified atom stereocenters. The van der Waals surface area contributed by atoms with Gasteiger partial charge < -0.3 is 15.2 Å². The van der Waals surface area contributed by atoms with Crippen LogP contribution in [0.3, 0.4) is 0 Å². The van der Waals surface area contributed by atoms with Crippen molar-refractivity contribution < 1.29 is 14.3 Å². The van der Waals surface area contributed by atoms with E-state index in [2.05, 4.69) is 22.0 Å². The summed E-state index contributed by atoms with van der Waals surface area (Å²) in [5, 5.41) is 13.9. The highest BCUT2D eigenvalue weighted by atomic mass is 16.6. The number of nitriles is 1. The Kier molecular flexibility index (Phi) is 4.64. The Hall–Kier alpha value is -3.56. The predicted octanol–water partition coefficient (Wildman–Crippen LogP) is 2.23. The van der Waals surface area contributed by atoms with Crippen molar-refractivity contribution in [1.29, 1.82) is 5.26 Å². The van der Waals surface area contributed by atoms with Crippen molar-refractivity contribution in [2.24, 2.45) is 0 Å². The van der Waals surface area contributed by atoms with Gasteiger partial charge in [-0.25, -0.2) is 14.7 Å². The lowest BCUT2D eigenvalue weighted by Crippen LogP contribution is -2.45. The number of hydrogen-bond donors (Lipinski definition) is 1. The number of nitrogen functional groups attached to an aromatic ring is 1. The quantitative estimate of drug-likeness (QED) is 0.721. The summed E-state index contributed by atoms with van der Waals surface area (Å²) in [4.78, 5) is 17.8. The number of nitrogens with two attached hydrogens (primary N) is 1. The van der Waals surface area contributed by atoms with Crippen molar-refractivity contribution in [1.82, 2.24) is 19.7 Å². The third-order valence-electron chi connectivity index (χ3n) is 4.87. The van der Waals surface area contributed by atoms with E-state index in [-0.39, 0.29) is 5.82 Å². The third-order valence-corrected chi connectivity index (χ3v) is 4.87. The first kappa shape index (κ1) is 19.7. The number of fused-ring (bicyclic) bond motifs is 2. The number of ether oxygens (including phenoxy) is 2. The van der Waals surface area contributed by atoms with Gasteiger partial charge in [-0.1, -0.05) is 0 Å². The summed E-state index contributed by atoms with van der Waals surface area (Å²) in [7, 11) is 0. The van der Waals surface area contributed by atoms with Gasteiger partial charge in [0, 0.05) is 30.8 Å². The largest absolute Gasteiger partial charge is 0.443 e. The Morgan fingerprint density at radius 3 is 2.87 bits per heavy atom. The number of nitrogens with zero attached hydrogens (tertiary/aromatic N) is 5. The monoisotopic (exact) mass is 406 g/mol. The van der Waals surface area contributed by atoms with Gasteiger partial charge in [-0.2, -0.15) is 10.4 Å². The lowest BCUT2D eigenvalue weighted by Gasteiger charge is -2.36. The van der Waals surface area contributed by atoms with Crippen LogP contribution in [-0.4, -0.2) is 44.5 Å². The average molecular weight is 406 g/mol. The van der Waals surface area contributed by atoms with E-state index in [9.17, 15) is 10.1 Å². The van der Waals surface area contributed by atoms with Crippen LogP contribution in [0.2, 0.25) is 0 Å². The summed E-state index contributed by atoms with van der Waals surface area (Å²) < 4.78 is 13.3. The van der Waals surface area contributed by atoms with E-state index in [1.165, 1.54) is 4.90 Å². The maximum Gasteiger partial charge on any atom is 0.422 e. The van der Waals surface area contributed by atoms with Gasteiger partial charge in [-0.3, -0.25) is 4.68 Å². The molecule has 0 aromatic carbocycles. The first-order chi connectivity index (χ1) is 14.2. The first-order valence-corrected chi connectivity index (χ1v) is 9.62. The second-order valence-corrected chi connectivity index (χ2v) is 8.20. The van der Waals surface area contributed by atoms with Crippen LogP contribution in [0.1, 0.15) is 38.4 Å². The zero-order chi connectivity index (χ0) is 21.5. The SMILES string of the molecule is CC(C)(C)OC(=O)N1C#C[C@]2(CC1)OCCn1nc(-c3cnc(N)c(C#N)c3)cc12. The van der Waals surface area contributed by atoms with Crippen LogP contribution in [0.4, 0.5) is 10.6 Å². The van der Waals surface area contributed by atoms with E-state index >= 15 is 0 Å². The molecule has 2 aromatic heterocycles. The van der Waals surface area contributed by atoms with Gasteiger partial charge in [0.05, 0.1) is 30.1 Å². The van der Waals surface area contributed by atoms with Gasteiger partial charge >= 0.3 is 6.09 Å². The Labute approximate surface area is 174 Å². The molecular weight excluding hydrogens is 384 g/mol. The molecule has 4 rings (SSSR count). The number of carbonyl (C=O) groups excluding carboxylic acids is 1. The maximum atomic E-state index is 12.3. The highest BCUT2D eigenvalue weighted by molar-refractivity contribution is 5.71. The number of carbonyl (C=O) groups is 1. The highest BCUT2D eigenvalue weighted by Crippen LogP contribution is 2.36. The first-order valence-electron chi connectivity index (χ1n) is 9.62. The van der Waals surface area contributed by atoms with Gasteiger partial charge in [-0.15, -0.1) is 0 Å². The van der Waals surface area contributed by atoms with E-state index in [1.54, 1.807) is 12.3 Å². The van der Waals surface area contributed by atoms with Crippen LogP contribution in [0, 0.1) is 23.3 Å². The Balaban J connectivity index is 1.65. The number of hydrogen-bond acceptors (Lipinski definition) is 7. The summed E-state index contributed by atoms with van der Waals surface area (Å²) in [6, 6.07) is 8.49. The molecule has 0 saturated carbocycles. The number of pyridine rings is 1. The molecule has 9 heteroatoms. The van der Waals surface area contributed by atoms with Crippen LogP contribution in [-0.2, 0) is 21.6 Å². The standard InChI is InChI=1S/C21H22N6O3/c1-20(2,3)30-19(28)26-6-4-21(5-7-26)17-11-16(25-27(17)8-9-29-21)15-10-14(12-22)18(23)24-13-15/h10-11,13H,4,6,8-9H2,1-3H3,(H2,23,24)/t21-/m0/s1. The lowest BCUT2D eigenvalue weighted by atomic mass is 9.92. The molecule has 1 amide bonds. The lowest BCUT2D eigenvalue weighted by molar-refractivity contribution is -0.0502. The molecule has 0 fully saturated rings. The van der Waals surface area contributed by atoms with Crippen LogP contribution in [0.15, 0.2) is 18.3 Å². The zero-order valence-corrected chi connectivity index (χ0v) is 17.1. The fourth-order valence-electron chi connectivity index (χ4n) is 3.44. The minimum atomic E-state index is -0.846. The molecule has 2 aliphatic heterocycles. The molecule has 0 aliphatic carbocycles. The molecule has 4 heterocycles. The normalized spacial score (nSPS) is 20.1. The van der Waals surface area contributed by atoms with E-state index < -0.39 is 17.3 Å². The van der Waals surface area contributed by atoms with Crippen LogP contribution in [0.25, 0.3) is 11.3 Å². The molecule has 1 atom stereocenters. The number of amides is 1. The van der Waals surface area contributed by atoms with Crippen molar-refractivity contribution in [2.75, 3.05) is 18.9 Å². The molecular formula is C21H22N6O3. The van der Waals surface area contributed by atoms with Crippen LogP contribution in [0.5, 0.6) is 0 Å². The van der Waals surface area contributed by atoms with Crippen molar-refractivity contribution in [3.8, 4) is 29.3 Å². The molecule has 2 aliphatic rings. The Morgan fingerprint density at radius 2 is 2.20 bits per heavy atom. The predicted molar refractivity (Wildman–Crippen MR) is 108 cm³/mol. The summed E-state index contributed by atoms with van der Waals surface area (Å²) in [6.45, 7) is 6.87. The van der Waals surface area contributed by atoms with Gasteiger partial charge in [0.1, 0.15) is 17.5 Å². The van der Waals surface area contributed by atoms with E-state index in [0.717, 1.165) is 5.69 Å². The van der Waals surface area contributed by atoms with Gasteiger partial charge in [0.15, 0.2) is 5.60 Å². The van der Waals surface area contributed by atoms with Gasteiger partial charge in [0.25, 0.3) is 0 Å². The molecule has 0 saturated heterocycles. The smallest absolute Gasteiger partial charge is 0.422 e. The van der Waals surface area contributed by atoms with Crippen molar-refractivity contribution >= 4 is 11.9 Å². The third kappa shape index (κ3) is 3.56. The minimum absolute atomic E-state index is 0.186. The molecule has 2 N–H and O–H groups in total. The van der Waals surface area contributed by atoms with Crippen molar-refractivity contribution in [3.63, 3.8) is 0 Å². The Bertz CT molecular complexity index is 1110. The maximum absolute atomic E-state index is 12.3. The van der Waals surface area contributed by atoms with E-state index in [4.69, 9.17) is 15.2 Å². The number of anilines is 1. The van der Waals surface area contributed by atoms with Gasteiger partial charge in [-0.05, 0) is 38.8 Å². The fourth-order valence-corrected chi connectivity index (χ4v) is 3.44. The van der Waals surface area contributed by atoms with Gasteiger partial charge in [0.2, 0.25) is 0 Å². The van der Waals surface area contributed by atoms with E-state index in [0.29, 0.717) is 42.9 Å². The van der Waals surface area contributed by atoms with Crippen molar-refractivity contribution in [2.45, 2.75) is 44.9 Å². The number of rotatable bonds is 1. The summed E-state index contributed by atoms with van der Waals surface area (Å²) in [6.07, 6.45) is 1.62. The Morgan fingerprint density at radius 1 is 1.40 bits per heavy atom. The number of aromatic nitrogens is 3. The highest BCUT2D eigenvalue weighted by Gasteiger charge is 2.41. The second-order valence-electron chi connectivity index (χ2n) is 8.20. The topological polar surface area (TPSA) is 119 Å². The van der Waals surface area contributed by atoms with Crippen LogP contribution >= 0.6 is 0 Å². The fraction of sp³-hybridized carbons (Fsp3) is 0.429. The minimum Gasteiger partial charge on any atom is -0.443 e. The van der Waals surface area contributed by atoms with E-state index in [1.807, 2.05) is 37.6 Å². The summed E-state index contributed by atoms with van der Waals surface area (Å²) in [5.74, 6) is 3.29. The molecule has 1 spiro atoms. The molecule has 2 aromatic rings. The zero-order valence-electron chi connectivity index (χ0n) is 17.1. The summed E-state index contributed by atoms with van der Waals surface area (Å²) in [5.41, 5.74) is 6.76.